The Morgan fingerprint density at radius 3 is 2.85 bits per heavy atom. The summed E-state index contributed by atoms with van der Waals surface area (Å²) in [5.41, 5.74) is 4.46. The summed E-state index contributed by atoms with van der Waals surface area (Å²) in [6, 6.07) is 11.8. The van der Waals surface area contributed by atoms with Gasteiger partial charge in [0.2, 0.25) is 5.69 Å². The van der Waals surface area contributed by atoms with Crippen molar-refractivity contribution in [3.63, 3.8) is 0 Å². The van der Waals surface area contributed by atoms with Gasteiger partial charge >= 0.3 is 0 Å². The fourth-order valence-electron chi connectivity index (χ4n) is 2.90. The molecular formula is C19H18N4O2S. The number of fused-ring (bicyclic) bond motifs is 1. The van der Waals surface area contributed by atoms with Crippen LogP contribution in [-0.2, 0) is 5.75 Å². The summed E-state index contributed by atoms with van der Waals surface area (Å²) in [5, 5.41) is 12.9. The number of ether oxygens (including phenoxy) is 1. The molecule has 1 N–H and O–H groups in total. The number of methoxy groups -OCH3 is 1. The maximum absolute atomic E-state index is 12.1. The van der Waals surface area contributed by atoms with Gasteiger partial charge in [0.15, 0.2) is 11.4 Å². The van der Waals surface area contributed by atoms with E-state index in [0.29, 0.717) is 17.2 Å². The number of hydrogen-bond donors (Lipinski definition) is 1. The molecule has 0 saturated carbocycles. The van der Waals surface area contributed by atoms with Crippen LogP contribution in [0.3, 0.4) is 0 Å². The fourth-order valence-corrected chi connectivity index (χ4v) is 3.86. The van der Waals surface area contributed by atoms with E-state index in [0.717, 1.165) is 32.2 Å². The molecule has 26 heavy (non-hydrogen) atoms. The normalized spacial score (nSPS) is 11.2. The molecule has 0 fully saturated rings. The number of nitrogens with zero attached hydrogens (tertiary/aromatic N) is 3. The standard InChI is InChI=1S/C19H18N4O2S/c1-13-17(23(24)10-7-18(13)25-2)12-26-19-20-15-6-5-14(11-16(15)21-19)22-8-3-4-9-22/h3-11H,12H2,1-2H3,(H,20,21). The highest BCUT2D eigenvalue weighted by Gasteiger charge is 2.16. The van der Waals surface area contributed by atoms with Gasteiger partial charge in [-0.3, -0.25) is 0 Å². The summed E-state index contributed by atoms with van der Waals surface area (Å²) in [6.45, 7) is 1.89. The van der Waals surface area contributed by atoms with Crippen LogP contribution >= 0.6 is 11.8 Å². The third-order valence-electron chi connectivity index (χ3n) is 4.34. The predicted molar refractivity (Wildman–Crippen MR) is 102 cm³/mol. The molecule has 0 aliphatic rings. The number of aromatic nitrogens is 4. The monoisotopic (exact) mass is 366 g/mol. The second-order valence-corrected chi connectivity index (χ2v) is 6.87. The van der Waals surface area contributed by atoms with Crippen molar-refractivity contribution < 1.29 is 9.47 Å². The van der Waals surface area contributed by atoms with E-state index in [1.54, 1.807) is 13.2 Å². The largest absolute Gasteiger partial charge is 0.618 e. The zero-order valence-corrected chi connectivity index (χ0v) is 15.3. The quantitative estimate of drug-likeness (QED) is 0.333. The molecule has 3 heterocycles. The molecule has 0 aliphatic heterocycles. The van der Waals surface area contributed by atoms with Crippen LogP contribution in [0.15, 0.2) is 60.1 Å². The van der Waals surface area contributed by atoms with E-state index in [2.05, 4.69) is 16.0 Å². The van der Waals surface area contributed by atoms with E-state index in [4.69, 9.17) is 4.74 Å². The molecule has 0 radical (unpaired) electrons. The first-order chi connectivity index (χ1) is 12.7. The van der Waals surface area contributed by atoms with Crippen molar-refractivity contribution in [2.45, 2.75) is 17.8 Å². The minimum atomic E-state index is 0.511. The number of thioether (sulfide) groups is 1. The summed E-state index contributed by atoms with van der Waals surface area (Å²) in [7, 11) is 1.61. The first kappa shape index (κ1) is 16.5. The third-order valence-corrected chi connectivity index (χ3v) is 5.23. The van der Waals surface area contributed by atoms with E-state index < -0.39 is 0 Å². The second kappa shape index (κ2) is 6.76. The van der Waals surface area contributed by atoms with E-state index >= 15 is 0 Å². The Balaban J connectivity index is 1.59. The van der Waals surface area contributed by atoms with Crippen molar-refractivity contribution in [1.29, 1.82) is 0 Å². The number of pyridine rings is 1. The van der Waals surface area contributed by atoms with Crippen LogP contribution in [-0.4, -0.2) is 21.6 Å². The van der Waals surface area contributed by atoms with E-state index in [1.807, 2.05) is 48.1 Å². The molecule has 132 valence electrons. The van der Waals surface area contributed by atoms with Crippen molar-refractivity contribution in [2.75, 3.05) is 7.11 Å². The molecule has 0 atom stereocenters. The van der Waals surface area contributed by atoms with Crippen LogP contribution < -0.4 is 9.47 Å². The topological polar surface area (TPSA) is 69.8 Å². The summed E-state index contributed by atoms with van der Waals surface area (Å²) in [4.78, 5) is 7.94. The SMILES string of the molecule is COc1cc[n+]([O-])c(CSc2nc3ccc(-n4cccc4)cc3[nH]2)c1C. The van der Waals surface area contributed by atoms with E-state index in [1.165, 1.54) is 18.0 Å². The second-order valence-electron chi connectivity index (χ2n) is 5.90. The summed E-state index contributed by atoms with van der Waals surface area (Å²) < 4.78 is 8.24. The van der Waals surface area contributed by atoms with Gasteiger partial charge in [0.25, 0.3) is 0 Å². The van der Waals surface area contributed by atoms with Crippen molar-refractivity contribution >= 4 is 22.8 Å². The molecule has 0 spiro atoms. The van der Waals surface area contributed by atoms with Gasteiger partial charge in [-0.15, -0.1) is 0 Å². The maximum Gasteiger partial charge on any atom is 0.209 e. The van der Waals surface area contributed by atoms with E-state index in [-0.39, 0.29) is 0 Å². The van der Waals surface area contributed by atoms with Crippen LogP contribution in [0, 0.1) is 12.1 Å². The van der Waals surface area contributed by atoms with Gasteiger partial charge in [-0.25, -0.2) is 4.98 Å². The highest BCUT2D eigenvalue weighted by atomic mass is 32.2. The molecular weight excluding hydrogens is 348 g/mol. The molecule has 0 amide bonds. The highest BCUT2D eigenvalue weighted by molar-refractivity contribution is 7.98. The van der Waals surface area contributed by atoms with Crippen LogP contribution in [0.1, 0.15) is 11.3 Å². The summed E-state index contributed by atoms with van der Waals surface area (Å²) in [6.07, 6.45) is 5.49. The average molecular weight is 366 g/mol. The Bertz CT molecular complexity index is 1060. The van der Waals surface area contributed by atoms with Crippen LogP contribution in [0.2, 0.25) is 0 Å². The Hall–Kier alpha value is -2.93. The van der Waals surface area contributed by atoms with E-state index in [9.17, 15) is 5.21 Å². The Morgan fingerprint density at radius 1 is 1.27 bits per heavy atom. The Morgan fingerprint density at radius 2 is 2.08 bits per heavy atom. The molecule has 4 aromatic rings. The molecule has 0 bridgehead atoms. The van der Waals surface area contributed by atoms with Crippen LogP contribution in [0.5, 0.6) is 5.75 Å². The van der Waals surface area contributed by atoms with Gasteiger partial charge in [-0.2, -0.15) is 4.73 Å². The molecule has 4 rings (SSSR count). The van der Waals surface area contributed by atoms with Crippen molar-refractivity contribution in [1.82, 2.24) is 14.5 Å². The zero-order chi connectivity index (χ0) is 18.1. The highest BCUT2D eigenvalue weighted by Crippen LogP contribution is 2.27. The Kier molecular flexibility index (Phi) is 4.30. The molecule has 7 heteroatoms. The van der Waals surface area contributed by atoms with Crippen LogP contribution in [0.25, 0.3) is 16.7 Å². The lowest BCUT2D eigenvalue weighted by Crippen LogP contribution is -2.32. The third kappa shape index (κ3) is 3.01. The Labute approximate surface area is 155 Å². The maximum atomic E-state index is 12.1. The summed E-state index contributed by atoms with van der Waals surface area (Å²) >= 11 is 1.50. The molecule has 0 aliphatic carbocycles. The minimum absolute atomic E-state index is 0.511. The fraction of sp³-hybridized carbons (Fsp3) is 0.158. The number of aromatic amines is 1. The van der Waals surface area contributed by atoms with Crippen molar-refractivity contribution in [2.24, 2.45) is 0 Å². The van der Waals surface area contributed by atoms with Gasteiger partial charge < -0.3 is 19.5 Å². The smallest absolute Gasteiger partial charge is 0.209 e. The first-order valence-electron chi connectivity index (χ1n) is 8.17. The van der Waals surface area contributed by atoms with Gasteiger partial charge in [0.1, 0.15) is 5.75 Å². The van der Waals surface area contributed by atoms with Crippen molar-refractivity contribution in [3.8, 4) is 11.4 Å². The first-order valence-corrected chi connectivity index (χ1v) is 9.16. The van der Waals surface area contributed by atoms with Gasteiger partial charge in [-0.1, -0.05) is 11.8 Å². The van der Waals surface area contributed by atoms with Gasteiger partial charge in [0.05, 0.1) is 29.5 Å². The van der Waals surface area contributed by atoms with Crippen LogP contribution in [0.4, 0.5) is 0 Å². The molecule has 0 saturated heterocycles. The molecule has 3 aromatic heterocycles. The van der Waals surface area contributed by atoms with Gasteiger partial charge in [0, 0.05) is 24.1 Å². The molecule has 1 aromatic carbocycles. The van der Waals surface area contributed by atoms with Crippen molar-refractivity contribution in [3.05, 3.63) is 71.5 Å². The lowest BCUT2D eigenvalue weighted by Gasteiger charge is -2.09. The number of imidazole rings is 1. The zero-order valence-electron chi connectivity index (χ0n) is 14.5. The molecule has 6 nitrogen and oxygen atoms in total. The number of H-pyrrole nitrogens is 1. The average Bonchev–Trinajstić information content (AvgIpc) is 3.30. The minimum Gasteiger partial charge on any atom is -0.618 e. The number of hydrogen-bond acceptors (Lipinski definition) is 4. The predicted octanol–water partition coefficient (Wildman–Crippen LogP) is 3.60. The van der Waals surface area contributed by atoms with Gasteiger partial charge in [-0.05, 0) is 37.3 Å². The summed E-state index contributed by atoms with van der Waals surface area (Å²) in [5.74, 6) is 1.23. The lowest BCUT2D eigenvalue weighted by atomic mass is 10.2. The number of rotatable bonds is 5. The number of nitrogens with one attached hydrogen (secondary N) is 1. The lowest BCUT2D eigenvalue weighted by molar-refractivity contribution is -0.613. The number of benzene rings is 1. The molecule has 0 unspecified atom stereocenters.